The Hall–Kier alpha value is -1.22. The summed E-state index contributed by atoms with van der Waals surface area (Å²) >= 11 is 1.82. The second kappa shape index (κ2) is 6.64. The smallest absolute Gasteiger partial charge is 0.247 e. The van der Waals surface area contributed by atoms with Crippen molar-refractivity contribution in [2.75, 3.05) is 6.54 Å². The molecule has 1 aliphatic carbocycles. The first-order chi connectivity index (χ1) is 8.81. The third-order valence-electron chi connectivity index (χ3n) is 3.03. The van der Waals surface area contributed by atoms with Crippen LogP contribution in [0.4, 0.5) is 0 Å². The number of likely N-dealkylation sites (N-methyl/N-ethyl adjacent to an activating group) is 1. The third-order valence-corrected chi connectivity index (χ3v) is 4.31. The SMILES string of the molecule is CCNC(=O)C1=C(SCc2ccccc2)CCC1. The Labute approximate surface area is 113 Å². The second-order valence-corrected chi connectivity index (χ2v) is 5.46. The molecule has 3 heteroatoms. The Morgan fingerprint density at radius 1 is 1.28 bits per heavy atom. The molecule has 18 heavy (non-hydrogen) atoms. The van der Waals surface area contributed by atoms with Crippen LogP contribution in [0.25, 0.3) is 0 Å². The van der Waals surface area contributed by atoms with E-state index in [1.54, 1.807) is 0 Å². The van der Waals surface area contributed by atoms with Crippen LogP contribution in [0.1, 0.15) is 31.7 Å². The molecule has 1 aromatic carbocycles. The number of carbonyl (C=O) groups excluding carboxylic acids is 1. The van der Waals surface area contributed by atoms with Gasteiger partial charge in [-0.2, -0.15) is 0 Å². The van der Waals surface area contributed by atoms with E-state index in [9.17, 15) is 4.79 Å². The number of nitrogens with one attached hydrogen (secondary N) is 1. The maximum absolute atomic E-state index is 11.9. The van der Waals surface area contributed by atoms with E-state index in [0.29, 0.717) is 6.54 Å². The predicted molar refractivity (Wildman–Crippen MR) is 77.3 cm³/mol. The third kappa shape index (κ3) is 3.39. The molecule has 1 aliphatic rings. The minimum atomic E-state index is 0.130. The largest absolute Gasteiger partial charge is 0.353 e. The van der Waals surface area contributed by atoms with Crippen LogP contribution in [-0.4, -0.2) is 12.5 Å². The van der Waals surface area contributed by atoms with E-state index in [-0.39, 0.29) is 5.91 Å². The van der Waals surface area contributed by atoms with Gasteiger partial charge in [0.15, 0.2) is 0 Å². The number of amides is 1. The summed E-state index contributed by atoms with van der Waals surface area (Å²) in [6, 6.07) is 10.4. The van der Waals surface area contributed by atoms with Crippen LogP contribution in [0.15, 0.2) is 40.8 Å². The summed E-state index contributed by atoms with van der Waals surface area (Å²) in [7, 11) is 0. The first-order valence-corrected chi connectivity index (χ1v) is 7.46. The lowest BCUT2D eigenvalue weighted by Crippen LogP contribution is -2.24. The molecule has 0 unspecified atom stereocenters. The van der Waals surface area contributed by atoms with Gasteiger partial charge in [-0.05, 0) is 36.7 Å². The monoisotopic (exact) mass is 261 g/mol. The van der Waals surface area contributed by atoms with Gasteiger partial charge in [-0.25, -0.2) is 0 Å². The van der Waals surface area contributed by atoms with Gasteiger partial charge in [-0.15, -0.1) is 11.8 Å². The summed E-state index contributed by atoms with van der Waals surface area (Å²) in [4.78, 5) is 13.2. The molecule has 2 rings (SSSR count). The number of allylic oxidation sites excluding steroid dienone is 1. The number of carbonyl (C=O) groups is 1. The number of hydrogen-bond acceptors (Lipinski definition) is 2. The van der Waals surface area contributed by atoms with Crippen molar-refractivity contribution in [2.24, 2.45) is 0 Å². The van der Waals surface area contributed by atoms with E-state index in [4.69, 9.17) is 0 Å². The average molecular weight is 261 g/mol. The summed E-state index contributed by atoms with van der Waals surface area (Å²) in [5, 5.41) is 2.91. The van der Waals surface area contributed by atoms with Crippen LogP contribution in [0.3, 0.4) is 0 Å². The summed E-state index contributed by atoms with van der Waals surface area (Å²) in [6.45, 7) is 2.67. The highest BCUT2D eigenvalue weighted by molar-refractivity contribution is 8.02. The lowest BCUT2D eigenvalue weighted by Gasteiger charge is -2.07. The van der Waals surface area contributed by atoms with Gasteiger partial charge in [0.1, 0.15) is 0 Å². The molecule has 1 N–H and O–H groups in total. The minimum absolute atomic E-state index is 0.130. The molecule has 0 heterocycles. The zero-order valence-corrected chi connectivity index (χ0v) is 11.6. The number of hydrogen-bond donors (Lipinski definition) is 1. The van der Waals surface area contributed by atoms with Gasteiger partial charge in [-0.1, -0.05) is 30.3 Å². The van der Waals surface area contributed by atoms with Gasteiger partial charge in [0, 0.05) is 17.9 Å². The van der Waals surface area contributed by atoms with E-state index < -0.39 is 0 Å². The summed E-state index contributed by atoms with van der Waals surface area (Å²) in [6.07, 6.45) is 3.11. The van der Waals surface area contributed by atoms with Gasteiger partial charge in [0.05, 0.1) is 0 Å². The summed E-state index contributed by atoms with van der Waals surface area (Å²) < 4.78 is 0. The predicted octanol–water partition coefficient (Wildman–Crippen LogP) is 3.49. The molecule has 0 spiro atoms. The standard InChI is InChI=1S/C15H19NOS/c1-2-16-15(17)13-9-6-10-14(13)18-11-12-7-4-3-5-8-12/h3-5,7-8H,2,6,9-11H2,1H3,(H,16,17). The van der Waals surface area contributed by atoms with Gasteiger partial charge >= 0.3 is 0 Å². The van der Waals surface area contributed by atoms with Gasteiger partial charge < -0.3 is 5.32 Å². The lowest BCUT2D eigenvalue weighted by molar-refractivity contribution is -0.117. The number of thioether (sulfide) groups is 1. The minimum Gasteiger partial charge on any atom is -0.353 e. The average Bonchev–Trinajstić information content (AvgIpc) is 2.86. The Morgan fingerprint density at radius 2 is 2.06 bits per heavy atom. The molecule has 0 bridgehead atoms. The number of benzene rings is 1. The highest BCUT2D eigenvalue weighted by Crippen LogP contribution is 2.36. The van der Waals surface area contributed by atoms with Gasteiger partial charge in [-0.3, -0.25) is 4.79 Å². The summed E-state index contributed by atoms with van der Waals surface area (Å²) in [5.41, 5.74) is 2.33. The van der Waals surface area contributed by atoms with Gasteiger partial charge in [0.25, 0.3) is 0 Å². The lowest BCUT2D eigenvalue weighted by atomic mass is 10.2. The summed E-state index contributed by atoms with van der Waals surface area (Å²) in [5.74, 6) is 1.09. The van der Waals surface area contributed by atoms with Crippen LogP contribution >= 0.6 is 11.8 Å². The van der Waals surface area contributed by atoms with Crippen LogP contribution in [0.5, 0.6) is 0 Å². The van der Waals surface area contributed by atoms with Crippen molar-refractivity contribution in [3.8, 4) is 0 Å². The van der Waals surface area contributed by atoms with Crippen molar-refractivity contribution in [3.05, 3.63) is 46.4 Å². The zero-order valence-electron chi connectivity index (χ0n) is 10.7. The molecular formula is C15H19NOS. The molecule has 0 fully saturated rings. The van der Waals surface area contributed by atoms with E-state index in [2.05, 4.69) is 29.6 Å². The maximum Gasteiger partial charge on any atom is 0.247 e. The van der Waals surface area contributed by atoms with Crippen molar-refractivity contribution in [1.29, 1.82) is 0 Å². The van der Waals surface area contributed by atoms with Crippen molar-refractivity contribution < 1.29 is 4.79 Å². The first kappa shape index (κ1) is 13.2. The van der Waals surface area contributed by atoms with Crippen LogP contribution in [0, 0.1) is 0 Å². The molecule has 1 aromatic rings. The highest BCUT2D eigenvalue weighted by Gasteiger charge is 2.20. The Kier molecular flexibility index (Phi) is 4.88. The Bertz CT molecular complexity index is 439. The van der Waals surface area contributed by atoms with E-state index >= 15 is 0 Å². The molecule has 96 valence electrons. The highest BCUT2D eigenvalue weighted by atomic mass is 32.2. The normalized spacial score (nSPS) is 14.9. The fourth-order valence-corrected chi connectivity index (χ4v) is 3.32. The fraction of sp³-hybridized carbons (Fsp3) is 0.400. The molecule has 0 aliphatic heterocycles. The molecule has 0 atom stereocenters. The zero-order chi connectivity index (χ0) is 12.8. The van der Waals surface area contributed by atoms with Crippen LogP contribution < -0.4 is 5.32 Å². The van der Waals surface area contributed by atoms with E-state index in [1.807, 2.05) is 24.8 Å². The Balaban J connectivity index is 1.98. The van der Waals surface area contributed by atoms with Gasteiger partial charge in [0.2, 0.25) is 5.91 Å². The van der Waals surface area contributed by atoms with Crippen molar-refractivity contribution in [3.63, 3.8) is 0 Å². The van der Waals surface area contributed by atoms with E-state index in [1.165, 1.54) is 10.5 Å². The molecule has 0 saturated carbocycles. The first-order valence-electron chi connectivity index (χ1n) is 6.48. The molecule has 1 amide bonds. The van der Waals surface area contributed by atoms with Crippen LogP contribution in [0.2, 0.25) is 0 Å². The topological polar surface area (TPSA) is 29.1 Å². The fourth-order valence-electron chi connectivity index (χ4n) is 2.13. The molecule has 0 radical (unpaired) electrons. The van der Waals surface area contributed by atoms with Crippen molar-refractivity contribution >= 4 is 17.7 Å². The maximum atomic E-state index is 11.9. The molecule has 2 nitrogen and oxygen atoms in total. The van der Waals surface area contributed by atoms with Crippen LogP contribution in [-0.2, 0) is 10.5 Å². The number of rotatable bonds is 5. The Morgan fingerprint density at radius 3 is 2.78 bits per heavy atom. The second-order valence-electron chi connectivity index (χ2n) is 4.39. The van der Waals surface area contributed by atoms with Crippen molar-refractivity contribution in [2.45, 2.75) is 31.9 Å². The molecule has 0 saturated heterocycles. The quantitative estimate of drug-likeness (QED) is 0.879. The molecular weight excluding hydrogens is 242 g/mol. The van der Waals surface area contributed by atoms with Crippen molar-refractivity contribution in [1.82, 2.24) is 5.32 Å². The van der Waals surface area contributed by atoms with E-state index in [0.717, 1.165) is 30.6 Å². The molecule has 0 aromatic heterocycles.